The molecule has 1 heterocycles. The van der Waals surface area contributed by atoms with Crippen LogP contribution in [0.4, 0.5) is 0 Å². The maximum absolute atomic E-state index is 11.5. The minimum Gasteiger partial charge on any atom is -0.378 e. The Morgan fingerprint density at radius 1 is 1.56 bits per heavy atom. The van der Waals surface area contributed by atoms with Gasteiger partial charge in [0.15, 0.2) is 0 Å². The number of carbonyl (C=O) groups is 1. The van der Waals surface area contributed by atoms with Crippen LogP contribution in [0.15, 0.2) is 11.8 Å². The first-order chi connectivity index (χ1) is 7.77. The second kappa shape index (κ2) is 7.09. The number of nitrogens with one attached hydrogen (secondary N) is 1. The number of halogens is 1. The molecule has 0 radical (unpaired) electrons. The SMILES string of the molecule is N#C/C(=C/N1CCOCC1)C(=O)NCCCl. The third-order valence-corrected chi connectivity index (χ3v) is 2.29. The van der Waals surface area contributed by atoms with Gasteiger partial charge in [0.05, 0.1) is 13.2 Å². The molecule has 0 aliphatic carbocycles. The lowest BCUT2D eigenvalue weighted by Gasteiger charge is -2.25. The summed E-state index contributed by atoms with van der Waals surface area (Å²) in [7, 11) is 0. The number of nitriles is 1. The number of amides is 1. The Morgan fingerprint density at radius 3 is 2.81 bits per heavy atom. The van der Waals surface area contributed by atoms with E-state index in [2.05, 4.69) is 5.32 Å². The number of carbonyl (C=O) groups excluding carboxylic acids is 1. The molecule has 5 nitrogen and oxygen atoms in total. The maximum Gasteiger partial charge on any atom is 0.263 e. The van der Waals surface area contributed by atoms with Crippen molar-refractivity contribution in [1.82, 2.24) is 10.2 Å². The van der Waals surface area contributed by atoms with Gasteiger partial charge in [-0.05, 0) is 0 Å². The molecule has 1 fully saturated rings. The van der Waals surface area contributed by atoms with Crippen LogP contribution in [-0.4, -0.2) is 49.5 Å². The van der Waals surface area contributed by atoms with Crippen molar-refractivity contribution in [2.24, 2.45) is 0 Å². The van der Waals surface area contributed by atoms with Gasteiger partial charge in [-0.25, -0.2) is 0 Å². The van der Waals surface area contributed by atoms with Crippen LogP contribution < -0.4 is 5.32 Å². The van der Waals surface area contributed by atoms with Gasteiger partial charge < -0.3 is 15.0 Å². The number of alkyl halides is 1. The van der Waals surface area contributed by atoms with E-state index in [-0.39, 0.29) is 11.5 Å². The van der Waals surface area contributed by atoms with E-state index in [1.807, 2.05) is 11.0 Å². The molecule has 6 heteroatoms. The largest absolute Gasteiger partial charge is 0.378 e. The summed E-state index contributed by atoms with van der Waals surface area (Å²) >= 11 is 5.44. The van der Waals surface area contributed by atoms with Crippen LogP contribution in [-0.2, 0) is 9.53 Å². The van der Waals surface area contributed by atoms with Gasteiger partial charge in [0.25, 0.3) is 5.91 Å². The minimum atomic E-state index is -0.380. The summed E-state index contributed by atoms with van der Waals surface area (Å²) in [4.78, 5) is 13.4. The molecule has 0 saturated carbocycles. The fourth-order valence-corrected chi connectivity index (χ4v) is 1.38. The van der Waals surface area contributed by atoms with E-state index in [0.717, 1.165) is 0 Å². The van der Waals surface area contributed by atoms with Crippen molar-refractivity contribution in [3.63, 3.8) is 0 Å². The fraction of sp³-hybridized carbons (Fsp3) is 0.600. The van der Waals surface area contributed by atoms with Crippen LogP contribution in [0.3, 0.4) is 0 Å². The predicted molar refractivity (Wildman–Crippen MR) is 59.8 cm³/mol. The lowest BCUT2D eigenvalue weighted by molar-refractivity contribution is -0.117. The van der Waals surface area contributed by atoms with Crippen molar-refractivity contribution < 1.29 is 9.53 Å². The van der Waals surface area contributed by atoms with Crippen molar-refractivity contribution in [3.8, 4) is 6.07 Å². The Balaban J connectivity index is 2.54. The molecule has 0 aromatic rings. The Hall–Kier alpha value is -1.25. The van der Waals surface area contributed by atoms with Crippen LogP contribution in [0.1, 0.15) is 0 Å². The maximum atomic E-state index is 11.5. The first-order valence-corrected chi connectivity index (χ1v) is 5.59. The van der Waals surface area contributed by atoms with E-state index in [0.29, 0.717) is 38.7 Å². The minimum absolute atomic E-state index is 0.104. The van der Waals surface area contributed by atoms with Gasteiger partial charge >= 0.3 is 0 Å². The summed E-state index contributed by atoms with van der Waals surface area (Å²) in [6, 6.07) is 1.88. The number of nitrogens with zero attached hydrogens (tertiary/aromatic N) is 2. The number of hydrogen-bond acceptors (Lipinski definition) is 4. The quantitative estimate of drug-likeness (QED) is 0.432. The Labute approximate surface area is 99.6 Å². The molecule has 1 aliphatic rings. The lowest BCUT2D eigenvalue weighted by atomic mass is 10.3. The van der Waals surface area contributed by atoms with Gasteiger partial charge in [-0.15, -0.1) is 11.6 Å². The Kier molecular flexibility index (Phi) is 5.68. The summed E-state index contributed by atoms with van der Waals surface area (Å²) in [5.74, 6) is -0.0446. The highest BCUT2D eigenvalue weighted by atomic mass is 35.5. The molecule has 1 aliphatic heterocycles. The standard InChI is InChI=1S/C10H14ClN3O2/c11-1-2-13-10(15)9(7-12)8-14-3-5-16-6-4-14/h8H,1-6H2,(H,13,15)/b9-8-. The van der Waals surface area contributed by atoms with Crippen LogP contribution in [0.25, 0.3) is 0 Å². The van der Waals surface area contributed by atoms with Gasteiger partial charge in [-0.1, -0.05) is 0 Å². The number of hydrogen-bond donors (Lipinski definition) is 1. The molecular formula is C10H14ClN3O2. The van der Waals surface area contributed by atoms with Crippen molar-refractivity contribution >= 4 is 17.5 Å². The van der Waals surface area contributed by atoms with E-state index < -0.39 is 0 Å². The highest BCUT2D eigenvalue weighted by Crippen LogP contribution is 2.02. The lowest BCUT2D eigenvalue weighted by Crippen LogP contribution is -2.34. The van der Waals surface area contributed by atoms with Gasteiger partial charge in [-0.2, -0.15) is 5.26 Å². The normalized spacial score (nSPS) is 16.8. The summed E-state index contributed by atoms with van der Waals surface area (Å²) in [6.45, 7) is 3.02. The van der Waals surface area contributed by atoms with E-state index in [1.54, 1.807) is 6.20 Å². The monoisotopic (exact) mass is 243 g/mol. The molecular weight excluding hydrogens is 230 g/mol. The zero-order valence-electron chi connectivity index (χ0n) is 8.91. The van der Waals surface area contributed by atoms with Gasteiger partial charge in [-0.3, -0.25) is 4.79 Å². The van der Waals surface area contributed by atoms with Gasteiger partial charge in [0, 0.05) is 31.7 Å². The molecule has 0 aromatic carbocycles. The van der Waals surface area contributed by atoms with Gasteiger partial charge in [0.2, 0.25) is 0 Å². The van der Waals surface area contributed by atoms with Crippen LogP contribution in [0.5, 0.6) is 0 Å². The van der Waals surface area contributed by atoms with Crippen LogP contribution in [0, 0.1) is 11.3 Å². The Bertz CT molecular complexity index is 306. The molecule has 0 aromatic heterocycles. The average molecular weight is 244 g/mol. The second-order valence-electron chi connectivity index (χ2n) is 3.25. The first-order valence-electron chi connectivity index (χ1n) is 5.06. The summed E-state index contributed by atoms with van der Waals surface area (Å²) < 4.78 is 5.17. The third kappa shape index (κ3) is 4.09. The van der Waals surface area contributed by atoms with Crippen molar-refractivity contribution in [3.05, 3.63) is 11.8 Å². The molecule has 0 spiro atoms. The Morgan fingerprint density at radius 2 is 2.25 bits per heavy atom. The van der Waals surface area contributed by atoms with Crippen molar-refractivity contribution in [1.29, 1.82) is 5.26 Å². The van der Waals surface area contributed by atoms with Crippen LogP contribution >= 0.6 is 11.6 Å². The van der Waals surface area contributed by atoms with Crippen LogP contribution in [0.2, 0.25) is 0 Å². The third-order valence-electron chi connectivity index (χ3n) is 2.10. The van der Waals surface area contributed by atoms with E-state index in [1.165, 1.54) is 0 Å². The molecule has 1 rings (SSSR count). The number of ether oxygens (including phenoxy) is 1. The second-order valence-corrected chi connectivity index (χ2v) is 3.63. The molecule has 16 heavy (non-hydrogen) atoms. The molecule has 0 bridgehead atoms. The number of morpholine rings is 1. The molecule has 1 amide bonds. The van der Waals surface area contributed by atoms with Gasteiger partial charge in [0.1, 0.15) is 11.6 Å². The van der Waals surface area contributed by atoms with Crippen molar-refractivity contribution in [2.75, 3.05) is 38.7 Å². The molecule has 1 saturated heterocycles. The molecule has 0 atom stereocenters. The smallest absolute Gasteiger partial charge is 0.263 e. The van der Waals surface area contributed by atoms with E-state index >= 15 is 0 Å². The molecule has 1 N–H and O–H groups in total. The zero-order chi connectivity index (χ0) is 11.8. The fourth-order valence-electron chi connectivity index (χ4n) is 1.28. The summed E-state index contributed by atoms with van der Waals surface area (Å²) in [6.07, 6.45) is 1.58. The van der Waals surface area contributed by atoms with Crippen molar-refractivity contribution in [2.45, 2.75) is 0 Å². The predicted octanol–water partition coefficient (Wildman–Crippen LogP) is 0.0811. The van der Waals surface area contributed by atoms with E-state index in [9.17, 15) is 4.79 Å². The number of rotatable bonds is 4. The first kappa shape index (κ1) is 12.8. The van der Waals surface area contributed by atoms with E-state index in [4.69, 9.17) is 21.6 Å². The molecule has 88 valence electrons. The topological polar surface area (TPSA) is 65.4 Å². The summed E-state index contributed by atoms with van der Waals surface area (Å²) in [5.41, 5.74) is 0.104. The zero-order valence-corrected chi connectivity index (χ0v) is 9.66. The highest BCUT2D eigenvalue weighted by molar-refractivity contribution is 6.18. The highest BCUT2D eigenvalue weighted by Gasteiger charge is 2.12. The molecule has 0 unspecified atom stereocenters. The summed E-state index contributed by atoms with van der Waals surface area (Å²) in [5, 5.41) is 11.4. The average Bonchev–Trinajstić information content (AvgIpc) is 2.34.